The molecular formula is C13H19N3O3S. The van der Waals surface area contributed by atoms with E-state index in [1.165, 1.54) is 10.6 Å². The maximum absolute atomic E-state index is 12.3. The number of amides is 1. The fraction of sp³-hybridized carbons (Fsp3) is 0.538. The van der Waals surface area contributed by atoms with Gasteiger partial charge in [-0.1, -0.05) is 6.07 Å². The summed E-state index contributed by atoms with van der Waals surface area (Å²) in [5.41, 5.74) is 0.801. The van der Waals surface area contributed by atoms with Crippen LogP contribution in [-0.4, -0.2) is 61.5 Å². The minimum atomic E-state index is -3.29. The zero-order valence-corrected chi connectivity index (χ0v) is 12.5. The van der Waals surface area contributed by atoms with Crippen LogP contribution >= 0.6 is 0 Å². The van der Waals surface area contributed by atoms with Crippen molar-refractivity contribution in [2.24, 2.45) is 5.92 Å². The van der Waals surface area contributed by atoms with Gasteiger partial charge in [-0.3, -0.25) is 9.78 Å². The Bertz CT molecular complexity index is 574. The SMILES string of the molecule is CN1CCN(S(C)(=O)=O)C[C@H](Cc2ccccn2)C1=O. The van der Waals surface area contributed by atoms with Gasteiger partial charge in [-0.25, -0.2) is 8.42 Å². The third-order valence-corrected chi connectivity index (χ3v) is 4.75. The highest BCUT2D eigenvalue weighted by Crippen LogP contribution is 2.16. The number of carbonyl (C=O) groups is 1. The van der Waals surface area contributed by atoms with Gasteiger partial charge in [0.25, 0.3) is 0 Å². The third-order valence-electron chi connectivity index (χ3n) is 3.48. The van der Waals surface area contributed by atoms with Gasteiger partial charge in [-0.2, -0.15) is 4.31 Å². The molecule has 1 aliphatic rings. The lowest BCUT2D eigenvalue weighted by atomic mass is 10.0. The van der Waals surface area contributed by atoms with Crippen molar-refractivity contribution in [1.29, 1.82) is 0 Å². The van der Waals surface area contributed by atoms with Crippen molar-refractivity contribution >= 4 is 15.9 Å². The van der Waals surface area contributed by atoms with Crippen LogP contribution in [0.25, 0.3) is 0 Å². The van der Waals surface area contributed by atoms with E-state index in [1.54, 1.807) is 18.1 Å². The van der Waals surface area contributed by atoms with Gasteiger partial charge in [0.2, 0.25) is 15.9 Å². The number of carbonyl (C=O) groups excluding carboxylic acids is 1. The van der Waals surface area contributed by atoms with Gasteiger partial charge in [0.15, 0.2) is 0 Å². The molecule has 0 aliphatic carbocycles. The zero-order chi connectivity index (χ0) is 14.8. The Morgan fingerprint density at radius 1 is 1.35 bits per heavy atom. The molecule has 1 aliphatic heterocycles. The summed E-state index contributed by atoms with van der Waals surface area (Å²) in [6.07, 6.45) is 3.31. The third kappa shape index (κ3) is 3.55. The Balaban J connectivity index is 2.21. The predicted octanol–water partition coefficient (Wildman–Crippen LogP) is -0.0261. The first kappa shape index (κ1) is 14.9. The molecule has 6 nitrogen and oxygen atoms in total. The molecule has 2 heterocycles. The van der Waals surface area contributed by atoms with Gasteiger partial charge in [0, 0.05) is 45.0 Å². The monoisotopic (exact) mass is 297 g/mol. The molecule has 0 bridgehead atoms. The smallest absolute Gasteiger partial charge is 0.227 e. The summed E-state index contributed by atoms with van der Waals surface area (Å²) in [5, 5.41) is 0. The molecule has 2 rings (SSSR count). The normalized spacial score (nSPS) is 21.8. The lowest BCUT2D eigenvalue weighted by Gasteiger charge is -2.20. The second-order valence-electron chi connectivity index (χ2n) is 5.10. The lowest BCUT2D eigenvalue weighted by molar-refractivity contribution is -0.133. The van der Waals surface area contributed by atoms with Crippen molar-refractivity contribution in [3.05, 3.63) is 30.1 Å². The van der Waals surface area contributed by atoms with Gasteiger partial charge >= 0.3 is 0 Å². The van der Waals surface area contributed by atoms with E-state index in [4.69, 9.17) is 0 Å². The maximum Gasteiger partial charge on any atom is 0.227 e. The Morgan fingerprint density at radius 3 is 2.70 bits per heavy atom. The molecule has 1 aromatic rings. The maximum atomic E-state index is 12.3. The van der Waals surface area contributed by atoms with E-state index in [1.807, 2.05) is 18.2 Å². The Hall–Kier alpha value is -1.47. The fourth-order valence-electron chi connectivity index (χ4n) is 2.32. The Labute approximate surface area is 119 Å². The largest absolute Gasteiger partial charge is 0.344 e. The summed E-state index contributed by atoms with van der Waals surface area (Å²) in [5.74, 6) is -0.408. The highest BCUT2D eigenvalue weighted by Gasteiger charge is 2.32. The Kier molecular flexibility index (Phi) is 4.39. The van der Waals surface area contributed by atoms with E-state index in [-0.39, 0.29) is 18.4 Å². The van der Waals surface area contributed by atoms with Crippen LogP contribution in [0.2, 0.25) is 0 Å². The summed E-state index contributed by atoms with van der Waals surface area (Å²) in [7, 11) is -1.58. The number of aromatic nitrogens is 1. The summed E-state index contributed by atoms with van der Waals surface area (Å²) in [6, 6.07) is 5.53. The fourth-order valence-corrected chi connectivity index (χ4v) is 3.19. The van der Waals surface area contributed by atoms with Gasteiger partial charge < -0.3 is 4.90 Å². The molecule has 1 saturated heterocycles. The average molecular weight is 297 g/mol. The number of nitrogens with zero attached hydrogens (tertiary/aromatic N) is 3. The molecule has 110 valence electrons. The molecule has 1 atom stereocenters. The van der Waals surface area contributed by atoms with Crippen molar-refractivity contribution in [2.75, 3.05) is 32.9 Å². The topological polar surface area (TPSA) is 70.6 Å². The van der Waals surface area contributed by atoms with E-state index < -0.39 is 10.0 Å². The molecule has 0 N–H and O–H groups in total. The highest BCUT2D eigenvalue weighted by molar-refractivity contribution is 7.88. The zero-order valence-electron chi connectivity index (χ0n) is 11.7. The van der Waals surface area contributed by atoms with Crippen LogP contribution in [0.5, 0.6) is 0 Å². The number of pyridine rings is 1. The van der Waals surface area contributed by atoms with Gasteiger partial charge in [-0.15, -0.1) is 0 Å². The molecule has 0 spiro atoms. The Morgan fingerprint density at radius 2 is 2.10 bits per heavy atom. The van der Waals surface area contributed by atoms with E-state index in [0.29, 0.717) is 19.5 Å². The minimum absolute atomic E-state index is 0.0261. The van der Waals surface area contributed by atoms with Gasteiger partial charge in [0.1, 0.15) is 0 Å². The summed E-state index contributed by atoms with van der Waals surface area (Å²) in [4.78, 5) is 18.1. The van der Waals surface area contributed by atoms with E-state index >= 15 is 0 Å². The van der Waals surface area contributed by atoms with Gasteiger partial charge in [-0.05, 0) is 12.1 Å². The van der Waals surface area contributed by atoms with Crippen LogP contribution in [0.3, 0.4) is 0 Å². The molecule has 0 saturated carbocycles. The molecule has 1 amide bonds. The van der Waals surface area contributed by atoms with Crippen molar-refractivity contribution in [2.45, 2.75) is 6.42 Å². The van der Waals surface area contributed by atoms with E-state index in [0.717, 1.165) is 5.69 Å². The minimum Gasteiger partial charge on any atom is -0.344 e. The number of rotatable bonds is 3. The molecular weight excluding hydrogens is 278 g/mol. The molecule has 0 aromatic carbocycles. The first-order valence-electron chi connectivity index (χ1n) is 6.48. The van der Waals surface area contributed by atoms with Crippen LogP contribution in [-0.2, 0) is 21.2 Å². The molecule has 7 heteroatoms. The number of hydrogen-bond acceptors (Lipinski definition) is 4. The van der Waals surface area contributed by atoms with Crippen LogP contribution in [0.1, 0.15) is 5.69 Å². The lowest BCUT2D eigenvalue weighted by Crippen LogP contribution is -2.36. The molecule has 1 aromatic heterocycles. The molecule has 0 unspecified atom stereocenters. The summed E-state index contributed by atoms with van der Waals surface area (Å²) in [6.45, 7) is 0.989. The second kappa shape index (κ2) is 5.88. The predicted molar refractivity (Wildman–Crippen MR) is 75.5 cm³/mol. The summed E-state index contributed by atoms with van der Waals surface area (Å²) >= 11 is 0. The number of likely N-dealkylation sites (N-methyl/N-ethyl adjacent to an activating group) is 1. The van der Waals surface area contributed by atoms with Crippen molar-refractivity contribution in [1.82, 2.24) is 14.2 Å². The average Bonchev–Trinajstić information content (AvgIpc) is 2.53. The molecule has 1 fully saturated rings. The number of sulfonamides is 1. The van der Waals surface area contributed by atoms with Crippen molar-refractivity contribution in [3.8, 4) is 0 Å². The van der Waals surface area contributed by atoms with Crippen molar-refractivity contribution < 1.29 is 13.2 Å². The van der Waals surface area contributed by atoms with E-state index in [2.05, 4.69) is 4.98 Å². The van der Waals surface area contributed by atoms with Crippen LogP contribution in [0, 0.1) is 5.92 Å². The molecule has 20 heavy (non-hydrogen) atoms. The van der Waals surface area contributed by atoms with Crippen LogP contribution < -0.4 is 0 Å². The molecule has 0 radical (unpaired) electrons. The standard InChI is InChI=1S/C13H19N3O3S/c1-15-7-8-16(20(2,18)19)10-11(13(15)17)9-12-5-3-4-6-14-12/h3-6,11H,7-10H2,1-2H3/t11-/m0/s1. The van der Waals surface area contributed by atoms with Gasteiger partial charge in [0.05, 0.1) is 12.2 Å². The first-order valence-corrected chi connectivity index (χ1v) is 8.33. The highest BCUT2D eigenvalue weighted by atomic mass is 32.2. The number of hydrogen-bond donors (Lipinski definition) is 0. The van der Waals surface area contributed by atoms with Crippen LogP contribution in [0.15, 0.2) is 24.4 Å². The summed E-state index contributed by atoms with van der Waals surface area (Å²) < 4.78 is 24.8. The first-order chi connectivity index (χ1) is 9.38. The van der Waals surface area contributed by atoms with Crippen LogP contribution in [0.4, 0.5) is 0 Å². The second-order valence-corrected chi connectivity index (χ2v) is 7.09. The quantitative estimate of drug-likeness (QED) is 0.786. The van der Waals surface area contributed by atoms with E-state index in [9.17, 15) is 13.2 Å². The van der Waals surface area contributed by atoms with Crippen molar-refractivity contribution in [3.63, 3.8) is 0 Å².